The molecule has 6 heteroatoms. The van der Waals surface area contributed by atoms with Gasteiger partial charge in [-0.1, -0.05) is 6.07 Å². The second-order valence-corrected chi connectivity index (χ2v) is 5.19. The number of anilines is 1. The van der Waals surface area contributed by atoms with Gasteiger partial charge in [-0.05, 0) is 39.3 Å². The van der Waals surface area contributed by atoms with E-state index in [0.29, 0.717) is 5.56 Å². The molecule has 0 bridgehead atoms. The highest BCUT2D eigenvalue weighted by atomic mass is 16.6. The SMILES string of the molecule is Cc1cc(C)n(CCCNc2ccc(C)c([N+](=O)[O-])c2)n1. The summed E-state index contributed by atoms with van der Waals surface area (Å²) in [7, 11) is 0. The van der Waals surface area contributed by atoms with Gasteiger partial charge in [-0.15, -0.1) is 0 Å². The summed E-state index contributed by atoms with van der Waals surface area (Å²) < 4.78 is 1.98. The van der Waals surface area contributed by atoms with Crippen molar-refractivity contribution in [2.45, 2.75) is 33.7 Å². The molecule has 0 saturated carbocycles. The number of hydrogen-bond acceptors (Lipinski definition) is 4. The number of nitro groups is 1. The van der Waals surface area contributed by atoms with Crippen LogP contribution in [0.4, 0.5) is 11.4 Å². The molecule has 6 nitrogen and oxygen atoms in total. The van der Waals surface area contributed by atoms with Gasteiger partial charge in [0.15, 0.2) is 0 Å². The predicted molar refractivity (Wildman–Crippen MR) is 82.6 cm³/mol. The number of benzene rings is 1. The van der Waals surface area contributed by atoms with Gasteiger partial charge in [-0.3, -0.25) is 14.8 Å². The second-order valence-electron chi connectivity index (χ2n) is 5.19. The summed E-state index contributed by atoms with van der Waals surface area (Å²) in [5, 5.41) is 18.5. The lowest BCUT2D eigenvalue weighted by Crippen LogP contribution is -2.09. The van der Waals surface area contributed by atoms with Crippen LogP contribution in [0.3, 0.4) is 0 Å². The maximum Gasteiger partial charge on any atom is 0.274 e. The molecule has 1 N–H and O–H groups in total. The lowest BCUT2D eigenvalue weighted by Gasteiger charge is -2.08. The fourth-order valence-corrected chi connectivity index (χ4v) is 2.28. The van der Waals surface area contributed by atoms with E-state index in [-0.39, 0.29) is 10.6 Å². The monoisotopic (exact) mass is 288 g/mol. The Hall–Kier alpha value is -2.37. The third-order valence-electron chi connectivity index (χ3n) is 3.39. The first-order valence-electron chi connectivity index (χ1n) is 6.97. The Balaban J connectivity index is 1.88. The topological polar surface area (TPSA) is 73.0 Å². The lowest BCUT2D eigenvalue weighted by molar-refractivity contribution is -0.385. The zero-order chi connectivity index (χ0) is 15.4. The molecule has 112 valence electrons. The highest BCUT2D eigenvalue weighted by Gasteiger charge is 2.10. The molecule has 21 heavy (non-hydrogen) atoms. The summed E-state index contributed by atoms with van der Waals surface area (Å²) in [5.74, 6) is 0. The predicted octanol–water partition coefficient (Wildman–Crippen LogP) is 3.22. The van der Waals surface area contributed by atoms with Crippen LogP contribution >= 0.6 is 0 Å². The van der Waals surface area contributed by atoms with Gasteiger partial charge in [0.2, 0.25) is 0 Å². The van der Waals surface area contributed by atoms with Crippen LogP contribution in [0.1, 0.15) is 23.4 Å². The second kappa shape index (κ2) is 6.39. The van der Waals surface area contributed by atoms with Gasteiger partial charge in [0.25, 0.3) is 5.69 Å². The van der Waals surface area contributed by atoms with E-state index < -0.39 is 0 Å². The van der Waals surface area contributed by atoms with Crippen molar-refractivity contribution in [3.05, 3.63) is 51.3 Å². The lowest BCUT2D eigenvalue weighted by atomic mass is 10.2. The number of nitrogens with zero attached hydrogens (tertiary/aromatic N) is 3. The van der Waals surface area contributed by atoms with Gasteiger partial charge in [0, 0.05) is 36.1 Å². The molecular formula is C15H20N4O2. The summed E-state index contributed by atoms with van der Waals surface area (Å²) in [5.41, 5.74) is 3.78. The maximum atomic E-state index is 10.9. The third-order valence-corrected chi connectivity index (χ3v) is 3.39. The van der Waals surface area contributed by atoms with Crippen LogP contribution in [-0.4, -0.2) is 21.2 Å². The Kier molecular flexibility index (Phi) is 4.57. The fourth-order valence-electron chi connectivity index (χ4n) is 2.28. The molecule has 0 atom stereocenters. The Bertz CT molecular complexity index is 649. The number of nitro benzene ring substituents is 1. The molecule has 0 saturated heterocycles. The molecule has 0 aliphatic rings. The highest BCUT2D eigenvalue weighted by Crippen LogP contribution is 2.22. The van der Waals surface area contributed by atoms with Crippen LogP contribution < -0.4 is 5.32 Å². The summed E-state index contributed by atoms with van der Waals surface area (Å²) in [4.78, 5) is 10.5. The average molecular weight is 288 g/mol. The van der Waals surface area contributed by atoms with Crippen molar-refractivity contribution >= 4 is 11.4 Å². The van der Waals surface area contributed by atoms with Crippen molar-refractivity contribution in [1.82, 2.24) is 9.78 Å². The molecule has 0 aliphatic carbocycles. The van der Waals surface area contributed by atoms with Gasteiger partial charge < -0.3 is 5.32 Å². The molecule has 1 aromatic carbocycles. The van der Waals surface area contributed by atoms with Crippen LogP contribution in [0.15, 0.2) is 24.3 Å². The third kappa shape index (κ3) is 3.81. The number of nitrogens with one attached hydrogen (secondary N) is 1. The van der Waals surface area contributed by atoms with Gasteiger partial charge in [-0.2, -0.15) is 5.10 Å². The summed E-state index contributed by atoms with van der Waals surface area (Å²) in [6.07, 6.45) is 0.906. The normalized spacial score (nSPS) is 10.6. The van der Waals surface area contributed by atoms with E-state index in [1.54, 1.807) is 19.1 Å². The minimum atomic E-state index is -0.351. The van der Waals surface area contributed by atoms with E-state index in [1.807, 2.05) is 24.6 Å². The first-order valence-corrected chi connectivity index (χ1v) is 6.97. The molecule has 0 amide bonds. The quantitative estimate of drug-likeness (QED) is 0.503. The Morgan fingerprint density at radius 3 is 2.67 bits per heavy atom. The maximum absolute atomic E-state index is 10.9. The zero-order valence-electron chi connectivity index (χ0n) is 12.6. The minimum absolute atomic E-state index is 0.151. The van der Waals surface area contributed by atoms with E-state index in [9.17, 15) is 10.1 Å². The molecule has 0 spiro atoms. The first kappa shape index (κ1) is 15.0. The molecule has 1 heterocycles. The Morgan fingerprint density at radius 1 is 1.29 bits per heavy atom. The smallest absolute Gasteiger partial charge is 0.274 e. The molecule has 1 aromatic heterocycles. The molecule has 0 unspecified atom stereocenters. The van der Waals surface area contributed by atoms with Crippen molar-refractivity contribution < 1.29 is 4.92 Å². The molecule has 2 rings (SSSR count). The molecular weight excluding hydrogens is 268 g/mol. The average Bonchev–Trinajstić information content (AvgIpc) is 2.74. The largest absolute Gasteiger partial charge is 0.385 e. The first-order chi connectivity index (χ1) is 9.97. The molecule has 0 aliphatic heterocycles. The van der Waals surface area contributed by atoms with Crippen molar-refractivity contribution in [2.24, 2.45) is 0 Å². The van der Waals surface area contributed by atoms with Crippen molar-refractivity contribution in [2.75, 3.05) is 11.9 Å². The fraction of sp³-hybridized carbons (Fsp3) is 0.400. The minimum Gasteiger partial charge on any atom is -0.385 e. The summed E-state index contributed by atoms with van der Waals surface area (Å²) >= 11 is 0. The number of aromatic nitrogens is 2. The number of aryl methyl sites for hydroxylation is 4. The van der Waals surface area contributed by atoms with E-state index in [0.717, 1.165) is 36.6 Å². The van der Waals surface area contributed by atoms with Crippen LogP contribution in [0.25, 0.3) is 0 Å². The molecule has 0 radical (unpaired) electrons. The van der Waals surface area contributed by atoms with Crippen LogP contribution in [-0.2, 0) is 6.54 Å². The van der Waals surface area contributed by atoms with E-state index in [4.69, 9.17) is 0 Å². The van der Waals surface area contributed by atoms with Gasteiger partial charge in [-0.25, -0.2) is 0 Å². The zero-order valence-corrected chi connectivity index (χ0v) is 12.6. The highest BCUT2D eigenvalue weighted by molar-refractivity contribution is 5.54. The van der Waals surface area contributed by atoms with Crippen molar-refractivity contribution in [3.63, 3.8) is 0 Å². The summed E-state index contributed by atoms with van der Waals surface area (Å²) in [6.45, 7) is 7.34. The molecule has 2 aromatic rings. The summed E-state index contributed by atoms with van der Waals surface area (Å²) in [6, 6.07) is 7.27. The van der Waals surface area contributed by atoms with E-state index in [1.165, 1.54) is 0 Å². The van der Waals surface area contributed by atoms with Gasteiger partial charge >= 0.3 is 0 Å². The Morgan fingerprint density at radius 2 is 2.05 bits per heavy atom. The van der Waals surface area contributed by atoms with Crippen molar-refractivity contribution in [1.29, 1.82) is 0 Å². The number of rotatable bonds is 6. The van der Waals surface area contributed by atoms with Crippen LogP contribution in [0.5, 0.6) is 0 Å². The van der Waals surface area contributed by atoms with Gasteiger partial charge in [0.05, 0.1) is 10.6 Å². The van der Waals surface area contributed by atoms with E-state index in [2.05, 4.69) is 16.5 Å². The van der Waals surface area contributed by atoms with Crippen LogP contribution in [0.2, 0.25) is 0 Å². The van der Waals surface area contributed by atoms with Crippen LogP contribution in [0, 0.1) is 30.9 Å². The van der Waals surface area contributed by atoms with E-state index >= 15 is 0 Å². The Labute approximate surface area is 123 Å². The van der Waals surface area contributed by atoms with Gasteiger partial charge in [0.1, 0.15) is 0 Å². The molecule has 0 fully saturated rings. The standard InChI is InChI=1S/C15H20N4O2/c1-11-5-6-14(10-15(11)19(20)21)16-7-4-8-18-13(3)9-12(2)17-18/h5-6,9-10,16H,4,7-8H2,1-3H3. The number of hydrogen-bond donors (Lipinski definition) is 1. The van der Waals surface area contributed by atoms with Crippen molar-refractivity contribution in [3.8, 4) is 0 Å².